The van der Waals surface area contributed by atoms with Crippen molar-refractivity contribution in [2.24, 2.45) is 0 Å². The van der Waals surface area contributed by atoms with E-state index in [9.17, 15) is 4.39 Å². The molecule has 2 rings (SSSR count). The predicted molar refractivity (Wildman–Crippen MR) is 76.2 cm³/mol. The average Bonchev–Trinajstić information content (AvgIpc) is 2.43. The minimum Gasteiger partial charge on any atom is -0.497 e. The van der Waals surface area contributed by atoms with E-state index in [1.165, 1.54) is 6.07 Å². The third kappa shape index (κ3) is 3.25. The molecule has 0 spiro atoms. The Bertz CT molecular complexity index is 551. The monoisotopic (exact) mass is 259 g/mol. The van der Waals surface area contributed by atoms with Crippen LogP contribution in [0.25, 0.3) is 0 Å². The number of nitrogens with one attached hydrogen (secondary N) is 1. The lowest BCUT2D eigenvalue weighted by Crippen LogP contribution is -2.06. The minimum absolute atomic E-state index is 0.149. The van der Waals surface area contributed by atoms with Gasteiger partial charge in [0.15, 0.2) is 0 Å². The molecule has 1 unspecified atom stereocenters. The van der Waals surface area contributed by atoms with Gasteiger partial charge in [-0.2, -0.15) is 0 Å². The van der Waals surface area contributed by atoms with Crippen LogP contribution in [-0.2, 0) is 0 Å². The first kappa shape index (κ1) is 13.4. The summed E-state index contributed by atoms with van der Waals surface area (Å²) in [6, 6.07) is 13.1. The number of anilines is 1. The molecule has 0 aromatic heterocycles. The molecule has 1 N–H and O–H groups in total. The van der Waals surface area contributed by atoms with Crippen LogP contribution in [-0.4, -0.2) is 7.11 Å². The molecule has 100 valence electrons. The third-order valence-electron chi connectivity index (χ3n) is 3.16. The number of rotatable bonds is 4. The Kier molecular flexibility index (Phi) is 4.05. The van der Waals surface area contributed by atoms with Crippen molar-refractivity contribution >= 4 is 5.69 Å². The highest BCUT2D eigenvalue weighted by Gasteiger charge is 2.06. The van der Waals surface area contributed by atoms with E-state index in [2.05, 4.69) is 12.2 Å². The fourth-order valence-corrected chi connectivity index (χ4v) is 1.96. The molecule has 3 heteroatoms. The van der Waals surface area contributed by atoms with Crippen LogP contribution in [0.2, 0.25) is 0 Å². The lowest BCUT2D eigenvalue weighted by atomic mass is 10.1. The molecule has 0 saturated carbocycles. The quantitative estimate of drug-likeness (QED) is 0.883. The van der Waals surface area contributed by atoms with Crippen molar-refractivity contribution < 1.29 is 9.13 Å². The summed E-state index contributed by atoms with van der Waals surface area (Å²) in [5.74, 6) is 0.663. The number of methoxy groups -OCH3 is 1. The molecule has 0 fully saturated rings. The van der Waals surface area contributed by atoms with Crippen molar-refractivity contribution in [2.75, 3.05) is 12.4 Å². The first-order valence-corrected chi connectivity index (χ1v) is 6.27. The first-order chi connectivity index (χ1) is 9.10. The maximum absolute atomic E-state index is 13.2. The second-order valence-electron chi connectivity index (χ2n) is 4.60. The molecule has 0 amide bonds. The van der Waals surface area contributed by atoms with E-state index in [-0.39, 0.29) is 11.9 Å². The van der Waals surface area contributed by atoms with Crippen molar-refractivity contribution in [2.45, 2.75) is 19.9 Å². The molecule has 0 aliphatic carbocycles. The van der Waals surface area contributed by atoms with Crippen LogP contribution in [0.15, 0.2) is 42.5 Å². The van der Waals surface area contributed by atoms with Gasteiger partial charge in [-0.15, -0.1) is 0 Å². The molecule has 0 heterocycles. The van der Waals surface area contributed by atoms with Crippen molar-refractivity contribution in [3.63, 3.8) is 0 Å². The number of aryl methyl sites for hydroxylation is 1. The lowest BCUT2D eigenvalue weighted by Gasteiger charge is -2.16. The van der Waals surface area contributed by atoms with Crippen LogP contribution >= 0.6 is 0 Å². The molecule has 2 aromatic carbocycles. The smallest absolute Gasteiger partial charge is 0.126 e. The SMILES string of the molecule is COc1ccc(C(C)Nc2ccc(F)c(C)c2)cc1. The summed E-state index contributed by atoms with van der Waals surface area (Å²) in [6.07, 6.45) is 0. The van der Waals surface area contributed by atoms with Crippen molar-refractivity contribution in [3.05, 3.63) is 59.4 Å². The van der Waals surface area contributed by atoms with Crippen molar-refractivity contribution in [3.8, 4) is 5.75 Å². The Morgan fingerprint density at radius 3 is 2.37 bits per heavy atom. The second kappa shape index (κ2) is 5.74. The van der Waals surface area contributed by atoms with Gasteiger partial charge in [-0.3, -0.25) is 0 Å². The predicted octanol–water partition coefficient (Wildman–Crippen LogP) is 4.32. The lowest BCUT2D eigenvalue weighted by molar-refractivity contribution is 0.414. The van der Waals surface area contributed by atoms with Gasteiger partial charge in [0.25, 0.3) is 0 Å². The van der Waals surface area contributed by atoms with Gasteiger partial charge in [0.1, 0.15) is 11.6 Å². The molecule has 1 atom stereocenters. The fraction of sp³-hybridized carbons (Fsp3) is 0.250. The van der Waals surface area contributed by atoms with E-state index < -0.39 is 0 Å². The number of hydrogen-bond acceptors (Lipinski definition) is 2. The normalized spacial score (nSPS) is 12.0. The van der Waals surface area contributed by atoms with Gasteiger partial charge in [-0.1, -0.05) is 12.1 Å². The topological polar surface area (TPSA) is 21.3 Å². The zero-order chi connectivity index (χ0) is 13.8. The summed E-state index contributed by atoms with van der Waals surface area (Å²) >= 11 is 0. The van der Waals surface area contributed by atoms with Gasteiger partial charge in [0.05, 0.1) is 7.11 Å². The minimum atomic E-state index is -0.178. The molecule has 0 radical (unpaired) electrons. The Labute approximate surface area is 113 Å². The van der Waals surface area contributed by atoms with E-state index in [1.807, 2.05) is 30.3 Å². The summed E-state index contributed by atoms with van der Waals surface area (Å²) in [6.45, 7) is 3.83. The highest BCUT2D eigenvalue weighted by atomic mass is 19.1. The summed E-state index contributed by atoms with van der Waals surface area (Å²) in [7, 11) is 1.65. The fourth-order valence-electron chi connectivity index (χ4n) is 1.96. The van der Waals surface area contributed by atoms with Gasteiger partial charge < -0.3 is 10.1 Å². The standard InChI is InChI=1S/C16H18FNO/c1-11-10-14(6-9-16(11)17)18-12(2)13-4-7-15(19-3)8-5-13/h4-10,12,18H,1-3H3. The van der Waals surface area contributed by atoms with Gasteiger partial charge in [0, 0.05) is 11.7 Å². The maximum Gasteiger partial charge on any atom is 0.126 e. The highest BCUT2D eigenvalue weighted by molar-refractivity contribution is 5.48. The van der Waals surface area contributed by atoms with E-state index >= 15 is 0 Å². The van der Waals surface area contributed by atoms with E-state index in [4.69, 9.17) is 4.74 Å². The second-order valence-corrected chi connectivity index (χ2v) is 4.60. The largest absolute Gasteiger partial charge is 0.497 e. The average molecular weight is 259 g/mol. The van der Waals surface area contributed by atoms with E-state index in [0.717, 1.165) is 17.0 Å². The van der Waals surface area contributed by atoms with Gasteiger partial charge in [0.2, 0.25) is 0 Å². The van der Waals surface area contributed by atoms with Crippen LogP contribution in [0.3, 0.4) is 0 Å². The van der Waals surface area contributed by atoms with Gasteiger partial charge >= 0.3 is 0 Å². The third-order valence-corrected chi connectivity index (χ3v) is 3.16. The Morgan fingerprint density at radius 1 is 1.11 bits per heavy atom. The summed E-state index contributed by atoms with van der Waals surface area (Å²) in [5, 5.41) is 3.36. The zero-order valence-corrected chi connectivity index (χ0v) is 11.4. The number of benzene rings is 2. The van der Waals surface area contributed by atoms with Crippen LogP contribution in [0, 0.1) is 12.7 Å². The van der Waals surface area contributed by atoms with Crippen LogP contribution in [0.4, 0.5) is 10.1 Å². The summed E-state index contributed by atoms with van der Waals surface area (Å²) < 4.78 is 18.3. The number of halogens is 1. The highest BCUT2D eigenvalue weighted by Crippen LogP contribution is 2.22. The summed E-state index contributed by atoms with van der Waals surface area (Å²) in [5.41, 5.74) is 2.72. The summed E-state index contributed by atoms with van der Waals surface area (Å²) in [4.78, 5) is 0. The van der Waals surface area contributed by atoms with E-state index in [1.54, 1.807) is 20.1 Å². The Morgan fingerprint density at radius 2 is 1.79 bits per heavy atom. The molecule has 0 saturated heterocycles. The number of hydrogen-bond donors (Lipinski definition) is 1. The van der Waals surface area contributed by atoms with Gasteiger partial charge in [-0.05, 0) is 55.3 Å². The van der Waals surface area contributed by atoms with Crippen LogP contribution < -0.4 is 10.1 Å². The first-order valence-electron chi connectivity index (χ1n) is 6.27. The van der Waals surface area contributed by atoms with Crippen molar-refractivity contribution in [1.29, 1.82) is 0 Å². The van der Waals surface area contributed by atoms with Crippen LogP contribution in [0.1, 0.15) is 24.1 Å². The molecule has 0 aliphatic heterocycles. The van der Waals surface area contributed by atoms with Crippen LogP contribution in [0.5, 0.6) is 5.75 Å². The molecular weight excluding hydrogens is 241 g/mol. The molecule has 0 bridgehead atoms. The van der Waals surface area contributed by atoms with E-state index in [0.29, 0.717) is 5.56 Å². The molecule has 2 nitrogen and oxygen atoms in total. The molecule has 19 heavy (non-hydrogen) atoms. The Balaban J connectivity index is 2.10. The molecule has 0 aliphatic rings. The number of ether oxygens (including phenoxy) is 1. The molecular formula is C16H18FNO. The Hall–Kier alpha value is -2.03. The molecule has 2 aromatic rings. The zero-order valence-electron chi connectivity index (χ0n) is 11.4. The maximum atomic E-state index is 13.2. The van der Waals surface area contributed by atoms with Gasteiger partial charge in [-0.25, -0.2) is 4.39 Å². The van der Waals surface area contributed by atoms with Crippen molar-refractivity contribution in [1.82, 2.24) is 0 Å².